The maximum atomic E-state index is 14.0. The first kappa shape index (κ1) is 29.0. The molecule has 1 aromatic heterocycles. The number of anilines is 2. The van der Waals surface area contributed by atoms with Crippen molar-refractivity contribution in [1.29, 1.82) is 0 Å². The van der Waals surface area contributed by atoms with Crippen LogP contribution < -0.4 is 15.5 Å². The normalized spacial score (nSPS) is 14.3. The molecule has 3 aromatic rings. The van der Waals surface area contributed by atoms with Gasteiger partial charge in [0.25, 0.3) is 0 Å². The SMILES string of the molecule is Cc1ccc([C@@H](C(=O)NC2CCCCC2)N(C(=O)CCCC(=O)Nc2ccccn2)c2ccc(C)cc2C)cc1. The molecule has 0 spiro atoms. The molecule has 1 saturated carbocycles. The summed E-state index contributed by atoms with van der Waals surface area (Å²) in [6.45, 7) is 5.98. The number of aryl methyl sites for hydroxylation is 3. The Morgan fingerprint density at radius 1 is 0.900 bits per heavy atom. The summed E-state index contributed by atoms with van der Waals surface area (Å²) < 4.78 is 0. The molecule has 1 fully saturated rings. The molecule has 0 radical (unpaired) electrons. The van der Waals surface area contributed by atoms with Gasteiger partial charge in [0, 0.05) is 30.8 Å². The Balaban J connectivity index is 1.60. The smallest absolute Gasteiger partial charge is 0.248 e. The minimum Gasteiger partial charge on any atom is -0.351 e. The molecule has 40 heavy (non-hydrogen) atoms. The molecule has 210 valence electrons. The lowest BCUT2D eigenvalue weighted by Crippen LogP contribution is -2.47. The number of amides is 3. The summed E-state index contributed by atoms with van der Waals surface area (Å²) in [6, 6.07) is 18.3. The molecule has 0 bridgehead atoms. The van der Waals surface area contributed by atoms with Gasteiger partial charge in [-0.1, -0.05) is 72.9 Å². The van der Waals surface area contributed by atoms with E-state index in [9.17, 15) is 14.4 Å². The summed E-state index contributed by atoms with van der Waals surface area (Å²) >= 11 is 0. The second-order valence-corrected chi connectivity index (χ2v) is 10.8. The van der Waals surface area contributed by atoms with Crippen LogP contribution in [0.1, 0.15) is 79.7 Å². The van der Waals surface area contributed by atoms with Crippen LogP contribution in [0.5, 0.6) is 0 Å². The van der Waals surface area contributed by atoms with E-state index in [1.165, 1.54) is 6.42 Å². The maximum Gasteiger partial charge on any atom is 0.248 e. The molecule has 0 unspecified atom stereocenters. The van der Waals surface area contributed by atoms with Crippen LogP contribution in [0.25, 0.3) is 0 Å². The highest BCUT2D eigenvalue weighted by Crippen LogP contribution is 2.33. The van der Waals surface area contributed by atoms with E-state index >= 15 is 0 Å². The van der Waals surface area contributed by atoms with Crippen molar-refractivity contribution in [2.24, 2.45) is 0 Å². The van der Waals surface area contributed by atoms with E-state index in [4.69, 9.17) is 0 Å². The van der Waals surface area contributed by atoms with E-state index in [1.54, 1.807) is 29.3 Å². The molecule has 2 N–H and O–H groups in total. The fraction of sp³-hybridized carbons (Fsp3) is 0.394. The highest BCUT2D eigenvalue weighted by molar-refractivity contribution is 6.02. The number of nitrogens with one attached hydrogen (secondary N) is 2. The van der Waals surface area contributed by atoms with Crippen molar-refractivity contribution in [2.45, 2.75) is 84.2 Å². The van der Waals surface area contributed by atoms with E-state index in [0.29, 0.717) is 17.9 Å². The molecule has 4 rings (SSSR count). The highest BCUT2D eigenvalue weighted by Gasteiger charge is 2.34. The van der Waals surface area contributed by atoms with Crippen LogP contribution in [0.2, 0.25) is 0 Å². The van der Waals surface area contributed by atoms with E-state index in [1.807, 2.05) is 63.2 Å². The Morgan fingerprint density at radius 2 is 1.62 bits per heavy atom. The first-order valence-corrected chi connectivity index (χ1v) is 14.3. The highest BCUT2D eigenvalue weighted by atomic mass is 16.2. The summed E-state index contributed by atoms with van der Waals surface area (Å²) in [7, 11) is 0. The van der Waals surface area contributed by atoms with Gasteiger partial charge >= 0.3 is 0 Å². The lowest BCUT2D eigenvalue weighted by atomic mass is 9.94. The van der Waals surface area contributed by atoms with Crippen LogP contribution in [-0.2, 0) is 14.4 Å². The Kier molecular flexibility index (Phi) is 10.1. The zero-order chi connectivity index (χ0) is 28.5. The van der Waals surface area contributed by atoms with Crippen molar-refractivity contribution in [3.63, 3.8) is 0 Å². The Morgan fingerprint density at radius 3 is 2.30 bits per heavy atom. The second kappa shape index (κ2) is 13.9. The predicted molar refractivity (Wildman–Crippen MR) is 159 cm³/mol. The largest absolute Gasteiger partial charge is 0.351 e. The number of carbonyl (C=O) groups is 3. The van der Waals surface area contributed by atoms with E-state index in [0.717, 1.165) is 47.9 Å². The third-order valence-electron chi connectivity index (χ3n) is 7.46. The molecule has 1 aliphatic carbocycles. The molecule has 1 atom stereocenters. The number of benzene rings is 2. The number of nitrogens with zero attached hydrogens (tertiary/aromatic N) is 2. The number of carbonyl (C=O) groups excluding carboxylic acids is 3. The van der Waals surface area contributed by atoms with Crippen molar-refractivity contribution in [3.8, 4) is 0 Å². The molecule has 2 aromatic carbocycles. The molecule has 3 amide bonds. The average Bonchev–Trinajstić information content (AvgIpc) is 2.94. The number of rotatable bonds is 10. The molecule has 7 heteroatoms. The quantitative estimate of drug-likeness (QED) is 0.314. The van der Waals surface area contributed by atoms with Crippen molar-refractivity contribution < 1.29 is 14.4 Å². The minimum atomic E-state index is -0.821. The summed E-state index contributed by atoms with van der Waals surface area (Å²) in [5, 5.41) is 6.04. The van der Waals surface area contributed by atoms with Gasteiger partial charge in [0.15, 0.2) is 0 Å². The van der Waals surface area contributed by atoms with Gasteiger partial charge in [0.05, 0.1) is 0 Å². The van der Waals surface area contributed by atoms with Crippen LogP contribution in [0.15, 0.2) is 66.9 Å². The molecule has 7 nitrogen and oxygen atoms in total. The molecule has 1 heterocycles. The fourth-order valence-electron chi connectivity index (χ4n) is 5.35. The second-order valence-electron chi connectivity index (χ2n) is 10.8. The van der Waals surface area contributed by atoms with E-state index < -0.39 is 6.04 Å². The van der Waals surface area contributed by atoms with Gasteiger partial charge in [-0.05, 0) is 69.4 Å². The van der Waals surface area contributed by atoms with Crippen LogP contribution in [-0.4, -0.2) is 28.7 Å². The van der Waals surface area contributed by atoms with Crippen LogP contribution in [0.3, 0.4) is 0 Å². The minimum absolute atomic E-state index is 0.112. The first-order valence-electron chi connectivity index (χ1n) is 14.3. The predicted octanol–water partition coefficient (Wildman–Crippen LogP) is 6.34. The van der Waals surface area contributed by atoms with Gasteiger partial charge in [0.2, 0.25) is 17.7 Å². The third-order valence-corrected chi connectivity index (χ3v) is 7.46. The number of hydrogen-bond donors (Lipinski definition) is 2. The van der Waals surface area contributed by atoms with Gasteiger partial charge in [-0.2, -0.15) is 0 Å². The number of pyridine rings is 1. The molecular formula is C33H40N4O3. The van der Waals surface area contributed by atoms with Gasteiger partial charge < -0.3 is 10.6 Å². The number of aromatic nitrogens is 1. The Hall–Kier alpha value is -4.00. The molecular weight excluding hydrogens is 500 g/mol. The lowest BCUT2D eigenvalue weighted by molar-refractivity contribution is -0.127. The topological polar surface area (TPSA) is 91.4 Å². The Bertz CT molecular complexity index is 1300. The van der Waals surface area contributed by atoms with Crippen molar-refractivity contribution in [2.75, 3.05) is 10.2 Å². The van der Waals surface area contributed by atoms with Crippen molar-refractivity contribution in [3.05, 3.63) is 89.1 Å². The monoisotopic (exact) mass is 540 g/mol. The molecule has 1 aliphatic rings. The molecule has 0 saturated heterocycles. The fourth-order valence-corrected chi connectivity index (χ4v) is 5.35. The van der Waals surface area contributed by atoms with Gasteiger partial charge in [0.1, 0.15) is 11.9 Å². The van der Waals surface area contributed by atoms with Gasteiger partial charge in [-0.3, -0.25) is 19.3 Å². The van der Waals surface area contributed by atoms with Crippen LogP contribution in [0, 0.1) is 20.8 Å². The summed E-state index contributed by atoms with van der Waals surface area (Å²) in [5.41, 5.74) is 4.55. The van der Waals surface area contributed by atoms with Crippen molar-refractivity contribution >= 4 is 29.2 Å². The standard InChI is InChI=1S/C33H40N4O3/c1-23-15-18-26(19-16-23)32(33(40)35-27-10-5-4-6-11-27)37(28-20-17-24(2)22-25(28)3)31(39)14-9-13-30(38)36-29-12-7-8-21-34-29/h7-8,12,15-22,27,32H,4-6,9-11,13-14H2,1-3H3,(H,35,40)(H,34,36,38)/t32-/m0/s1. The van der Waals surface area contributed by atoms with E-state index in [-0.39, 0.29) is 36.6 Å². The summed E-state index contributed by atoms with van der Waals surface area (Å²) in [4.78, 5) is 46.3. The van der Waals surface area contributed by atoms with Crippen LogP contribution >= 0.6 is 0 Å². The summed E-state index contributed by atoms with van der Waals surface area (Å²) in [5.74, 6) is -0.0804. The zero-order valence-corrected chi connectivity index (χ0v) is 23.8. The van der Waals surface area contributed by atoms with Gasteiger partial charge in [-0.25, -0.2) is 4.98 Å². The van der Waals surface area contributed by atoms with E-state index in [2.05, 4.69) is 15.6 Å². The first-order chi connectivity index (χ1) is 19.3. The average molecular weight is 541 g/mol. The lowest BCUT2D eigenvalue weighted by Gasteiger charge is -2.34. The Labute approximate surface area is 237 Å². The molecule has 0 aliphatic heterocycles. The van der Waals surface area contributed by atoms with Gasteiger partial charge in [-0.15, -0.1) is 0 Å². The summed E-state index contributed by atoms with van der Waals surface area (Å²) in [6.07, 6.45) is 7.56. The van der Waals surface area contributed by atoms with Crippen LogP contribution in [0.4, 0.5) is 11.5 Å². The van der Waals surface area contributed by atoms with Crippen molar-refractivity contribution in [1.82, 2.24) is 10.3 Å². The third kappa shape index (κ3) is 7.78. The number of hydrogen-bond acceptors (Lipinski definition) is 4. The maximum absolute atomic E-state index is 14.0. The zero-order valence-electron chi connectivity index (χ0n) is 23.8.